The lowest BCUT2D eigenvalue weighted by Gasteiger charge is -2.31. The quantitative estimate of drug-likeness (QED) is 0.385. The number of rotatable bonds is 7. The summed E-state index contributed by atoms with van der Waals surface area (Å²) in [6.07, 6.45) is 12.0. The summed E-state index contributed by atoms with van der Waals surface area (Å²) in [6, 6.07) is 7.46. The lowest BCUT2D eigenvalue weighted by atomic mass is 9.69. The first kappa shape index (κ1) is 24.3. The Bertz CT molecular complexity index is 1030. The minimum Gasteiger partial charge on any atom is -0.508 e. The average molecular weight is 478 g/mol. The van der Waals surface area contributed by atoms with E-state index in [1.165, 1.54) is 23.1 Å². The second-order valence-electron chi connectivity index (χ2n) is 10.8. The fourth-order valence-corrected chi connectivity index (χ4v) is 7.05. The molecule has 0 aromatic heterocycles. The van der Waals surface area contributed by atoms with Crippen molar-refractivity contribution in [3.05, 3.63) is 46.5 Å². The van der Waals surface area contributed by atoms with Gasteiger partial charge in [0.2, 0.25) is 11.8 Å². The van der Waals surface area contributed by atoms with Crippen LogP contribution in [0.3, 0.4) is 0 Å². The highest BCUT2D eigenvalue weighted by atomic mass is 16.5. The summed E-state index contributed by atoms with van der Waals surface area (Å²) in [6.45, 7) is 4.89. The Kier molecular flexibility index (Phi) is 7.15. The lowest BCUT2D eigenvalue weighted by Crippen LogP contribution is -2.42. The number of allylic oxidation sites excluding steroid dienone is 2. The molecule has 0 spiro atoms. The number of likely N-dealkylation sites (tertiary alicyclic amines) is 1. The van der Waals surface area contributed by atoms with Crippen LogP contribution in [0.1, 0.15) is 83.6 Å². The zero-order chi connectivity index (χ0) is 24.5. The number of amides is 2. The molecule has 0 radical (unpaired) electrons. The van der Waals surface area contributed by atoms with Crippen LogP contribution in [0.5, 0.6) is 5.75 Å². The maximum Gasteiger partial charge on any atom is 0.234 e. The third kappa shape index (κ3) is 4.60. The number of carbonyl (C=O) groups excluding carboxylic acids is 2. The second kappa shape index (κ2) is 10.3. The van der Waals surface area contributed by atoms with Crippen molar-refractivity contribution in [2.75, 3.05) is 6.61 Å². The van der Waals surface area contributed by atoms with E-state index in [4.69, 9.17) is 4.74 Å². The van der Waals surface area contributed by atoms with Crippen LogP contribution in [-0.4, -0.2) is 40.6 Å². The van der Waals surface area contributed by atoms with Crippen molar-refractivity contribution in [3.8, 4) is 5.75 Å². The minimum atomic E-state index is -0.229. The molecule has 0 bridgehead atoms. The van der Waals surface area contributed by atoms with E-state index in [9.17, 15) is 14.7 Å². The molecule has 0 unspecified atom stereocenters. The smallest absolute Gasteiger partial charge is 0.234 e. The lowest BCUT2D eigenvalue weighted by molar-refractivity contribution is -0.143. The summed E-state index contributed by atoms with van der Waals surface area (Å²) in [4.78, 5) is 28.8. The molecule has 5 rings (SSSR count). The molecule has 5 heteroatoms. The van der Waals surface area contributed by atoms with Gasteiger partial charge in [-0.1, -0.05) is 62.5 Å². The molecule has 4 atom stereocenters. The molecule has 1 aromatic carbocycles. The van der Waals surface area contributed by atoms with Crippen LogP contribution < -0.4 is 0 Å². The Morgan fingerprint density at radius 1 is 1.11 bits per heavy atom. The molecule has 2 heterocycles. The first-order valence-corrected chi connectivity index (χ1v) is 13.7. The third-order valence-corrected chi connectivity index (χ3v) is 8.83. The van der Waals surface area contributed by atoms with Gasteiger partial charge in [0.15, 0.2) is 0 Å². The van der Waals surface area contributed by atoms with Crippen molar-refractivity contribution >= 4 is 17.9 Å². The molecule has 1 aromatic rings. The topological polar surface area (TPSA) is 66.8 Å². The normalized spacial score (nSPS) is 29.7. The number of phenols is 1. The predicted molar refractivity (Wildman–Crippen MR) is 136 cm³/mol. The van der Waals surface area contributed by atoms with E-state index < -0.39 is 0 Å². The van der Waals surface area contributed by atoms with E-state index in [1.54, 1.807) is 17.0 Å². The van der Waals surface area contributed by atoms with Gasteiger partial charge in [-0.25, -0.2) is 0 Å². The first-order chi connectivity index (χ1) is 17.0. The molecule has 35 heavy (non-hydrogen) atoms. The fraction of sp³-hybridized carbons (Fsp3) is 0.600. The van der Waals surface area contributed by atoms with Crippen LogP contribution in [0.2, 0.25) is 0 Å². The number of hydrogen-bond acceptors (Lipinski definition) is 4. The Hall–Kier alpha value is -2.40. The summed E-state index contributed by atoms with van der Waals surface area (Å²) in [5.41, 5.74) is 5.01. The predicted octanol–water partition coefficient (Wildman–Crippen LogP) is 6.03. The number of phenolic OH excluding ortho intramolecular Hbond substituents is 1. The van der Waals surface area contributed by atoms with Gasteiger partial charge in [-0.3, -0.25) is 14.5 Å². The maximum absolute atomic E-state index is 13.6. The Labute approximate surface area is 209 Å². The highest BCUT2D eigenvalue weighted by molar-refractivity contribution is 6.06. The van der Waals surface area contributed by atoms with Gasteiger partial charge in [0, 0.05) is 12.0 Å². The molecule has 5 nitrogen and oxygen atoms in total. The van der Waals surface area contributed by atoms with Crippen molar-refractivity contribution in [3.63, 3.8) is 0 Å². The van der Waals surface area contributed by atoms with E-state index in [0.29, 0.717) is 6.61 Å². The molecule has 1 N–H and O–H groups in total. The number of nitrogens with zero attached hydrogens (tertiary/aromatic N) is 1. The Balaban J connectivity index is 1.33. The highest BCUT2D eigenvalue weighted by Gasteiger charge is 2.57. The van der Waals surface area contributed by atoms with Crippen LogP contribution in [0, 0.1) is 17.8 Å². The largest absolute Gasteiger partial charge is 0.508 e. The standard InChI is InChI=1S/C30H39NO4/c1-3-19(15-20-9-8-12-23(32)16-20)13-14-26-27-21(4-2)17-24-28(25(27)18-35-26)30(34)31(29(24)33)22-10-6-5-7-11-22/h8-9,12,15-16,22,24-26,28,32H,3-7,10-11,13-14,17-18H2,1-2H3/b19-15+/t24-,25+,26-,28-/m1/s1. The number of fused-ring (bicyclic) bond motifs is 3. The van der Waals surface area contributed by atoms with Crippen molar-refractivity contribution in [2.45, 2.75) is 90.2 Å². The van der Waals surface area contributed by atoms with Gasteiger partial charge in [-0.2, -0.15) is 0 Å². The van der Waals surface area contributed by atoms with Crippen molar-refractivity contribution in [1.82, 2.24) is 4.90 Å². The number of imide groups is 1. The van der Waals surface area contributed by atoms with Crippen LogP contribution in [0.25, 0.3) is 6.08 Å². The molecule has 1 saturated carbocycles. The van der Waals surface area contributed by atoms with Crippen LogP contribution >= 0.6 is 0 Å². The number of benzene rings is 1. The van der Waals surface area contributed by atoms with Gasteiger partial charge in [0.1, 0.15) is 5.75 Å². The highest BCUT2D eigenvalue weighted by Crippen LogP contribution is 2.51. The van der Waals surface area contributed by atoms with Crippen LogP contribution in [-0.2, 0) is 14.3 Å². The fourth-order valence-electron chi connectivity index (χ4n) is 7.05. The Morgan fingerprint density at radius 3 is 2.63 bits per heavy atom. The number of carbonyl (C=O) groups is 2. The van der Waals surface area contributed by atoms with Crippen LogP contribution in [0.4, 0.5) is 0 Å². The molecule has 2 saturated heterocycles. The van der Waals surface area contributed by atoms with Crippen molar-refractivity contribution < 1.29 is 19.4 Å². The summed E-state index contributed by atoms with van der Waals surface area (Å²) < 4.78 is 6.36. The van der Waals surface area contributed by atoms with Gasteiger partial charge in [-0.05, 0) is 68.2 Å². The zero-order valence-electron chi connectivity index (χ0n) is 21.2. The molecule has 2 aliphatic carbocycles. The van der Waals surface area contributed by atoms with E-state index in [0.717, 1.165) is 63.4 Å². The van der Waals surface area contributed by atoms with E-state index in [1.807, 2.05) is 12.1 Å². The summed E-state index contributed by atoms with van der Waals surface area (Å²) in [5.74, 6) is 0.0811. The summed E-state index contributed by atoms with van der Waals surface area (Å²) >= 11 is 0. The van der Waals surface area contributed by atoms with Crippen molar-refractivity contribution in [2.24, 2.45) is 17.8 Å². The number of hydrogen-bond donors (Lipinski definition) is 1. The van der Waals surface area contributed by atoms with E-state index in [2.05, 4.69) is 19.9 Å². The molecule has 4 aliphatic rings. The van der Waals surface area contributed by atoms with E-state index >= 15 is 0 Å². The van der Waals surface area contributed by atoms with Gasteiger partial charge < -0.3 is 9.84 Å². The van der Waals surface area contributed by atoms with Gasteiger partial charge in [0.05, 0.1) is 24.5 Å². The number of ether oxygens (including phenoxy) is 1. The average Bonchev–Trinajstić information content (AvgIpc) is 3.40. The molecule has 3 fully saturated rings. The molecule has 2 aliphatic heterocycles. The zero-order valence-corrected chi connectivity index (χ0v) is 21.2. The SMILES string of the molecule is CCC1=C2[C@@H](CC/C(=C/c3cccc(O)c3)CC)OC[C@@H]2[C@@H]2C(=O)N(C3CCCCC3)C(=O)[C@@H]2C1. The third-order valence-electron chi connectivity index (χ3n) is 8.83. The molecule has 188 valence electrons. The number of aromatic hydroxyl groups is 1. The van der Waals surface area contributed by atoms with Gasteiger partial charge >= 0.3 is 0 Å². The van der Waals surface area contributed by atoms with Gasteiger partial charge in [-0.15, -0.1) is 0 Å². The monoisotopic (exact) mass is 477 g/mol. The summed E-state index contributed by atoms with van der Waals surface area (Å²) in [5, 5.41) is 9.79. The van der Waals surface area contributed by atoms with E-state index in [-0.39, 0.29) is 47.5 Å². The maximum atomic E-state index is 13.6. The van der Waals surface area contributed by atoms with Crippen molar-refractivity contribution in [1.29, 1.82) is 0 Å². The summed E-state index contributed by atoms with van der Waals surface area (Å²) in [7, 11) is 0. The van der Waals surface area contributed by atoms with Gasteiger partial charge in [0.25, 0.3) is 0 Å². The minimum absolute atomic E-state index is 0.0293. The molecular formula is C30H39NO4. The Morgan fingerprint density at radius 2 is 1.91 bits per heavy atom. The molecular weight excluding hydrogens is 438 g/mol. The molecule has 2 amide bonds. The first-order valence-electron chi connectivity index (χ1n) is 13.7. The second-order valence-corrected chi connectivity index (χ2v) is 10.8. The van der Waals surface area contributed by atoms with Crippen LogP contribution in [0.15, 0.2) is 41.0 Å².